The number of hydrogen-bond donors (Lipinski definition) is 2. The molecule has 2 aromatic heterocycles. The van der Waals surface area contributed by atoms with Gasteiger partial charge in [-0.3, -0.25) is 14.2 Å². The first kappa shape index (κ1) is 26.5. The molecule has 0 spiro atoms. The van der Waals surface area contributed by atoms with Gasteiger partial charge < -0.3 is 25.2 Å². The Balaban J connectivity index is 1.39. The van der Waals surface area contributed by atoms with E-state index in [9.17, 15) is 9.59 Å². The van der Waals surface area contributed by atoms with Crippen LogP contribution in [0.3, 0.4) is 0 Å². The summed E-state index contributed by atoms with van der Waals surface area (Å²) in [6.45, 7) is 8.19. The van der Waals surface area contributed by atoms with Gasteiger partial charge in [-0.25, -0.2) is 9.97 Å². The zero-order chi connectivity index (χ0) is 28.3. The molecule has 1 amide bonds. The Kier molecular flexibility index (Phi) is 7.34. The van der Waals surface area contributed by atoms with Gasteiger partial charge in [0.05, 0.1) is 25.0 Å². The third kappa shape index (κ3) is 5.23. The van der Waals surface area contributed by atoms with E-state index in [4.69, 9.17) is 9.72 Å². The van der Waals surface area contributed by atoms with Crippen molar-refractivity contribution in [3.8, 4) is 17.0 Å². The van der Waals surface area contributed by atoms with Crippen LogP contribution in [-0.2, 0) is 4.79 Å². The van der Waals surface area contributed by atoms with E-state index in [0.717, 1.165) is 43.3 Å². The van der Waals surface area contributed by atoms with Gasteiger partial charge in [-0.15, -0.1) is 0 Å². The molecule has 2 aromatic carbocycles. The van der Waals surface area contributed by atoms with Gasteiger partial charge >= 0.3 is 0 Å². The molecular formula is C30H32N8O3. The number of nitrogens with zero attached hydrogens (tertiary/aromatic N) is 6. The van der Waals surface area contributed by atoms with Gasteiger partial charge in [-0.1, -0.05) is 36.9 Å². The fourth-order valence-electron chi connectivity index (χ4n) is 5.52. The van der Waals surface area contributed by atoms with Crippen LogP contribution in [0.1, 0.15) is 12.5 Å². The lowest BCUT2D eigenvalue weighted by Crippen LogP contribution is -2.43. The van der Waals surface area contributed by atoms with E-state index in [2.05, 4.69) is 32.1 Å². The maximum absolute atomic E-state index is 13.9. The van der Waals surface area contributed by atoms with Crippen molar-refractivity contribution < 1.29 is 9.53 Å². The number of likely N-dealkylation sites (tertiary alicyclic amines) is 1. The van der Waals surface area contributed by atoms with Crippen LogP contribution in [0.5, 0.6) is 5.75 Å². The normalized spacial score (nSPS) is 17.0. The van der Waals surface area contributed by atoms with Crippen LogP contribution in [0.4, 0.5) is 17.3 Å². The number of amides is 1. The molecule has 2 aliphatic rings. The fourth-order valence-corrected chi connectivity index (χ4v) is 5.52. The maximum Gasteiger partial charge on any atom is 0.279 e. The van der Waals surface area contributed by atoms with Gasteiger partial charge in [0.25, 0.3) is 5.56 Å². The molecule has 210 valence electrons. The lowest BCUT2D eigenvalue weighted by molar-refractivity contribution is -0.125. The molecule has 4 aromatic rings. The maximum atomic E-state index is 13.9. The Morgan fingerprint density at radius 1 is 1.12 bits per heavy atom. The molecule has 0 aliphatic carbocycles. The number of piperazine rings is 1. The average Bonchev–Trinajstić information content (AvgIpc) is 3.51. The van der Waals surface area contributed by atoms with Crippen molar-refractivity contribution in [3.05, 3.63) is 77.7 Å². The molecule has 0 unspecified atom stereocenters. The first-order valence-electron chi connectivity index (χ1n) is 13.7. The summed E-state index contributed by atoms with van der Waals surface area (Å²) >= 11 is 0. The molecule has 0 radical (unpaired) electrons. The summed E-state index contributed by atoms with van der Waals surface area (Å²) in [6, 6.07) is 15.0. The smallest absolute Gasteiger partial charge is 0.279 e. The molecule has 2 aliphatic heterocycles. The second-order valence-corrected chi connectivity index (χ2v) is 10.1. The van der Waals surface area contributed by atoms with E-state index in [1.54, 1.807) is 22.8 Å². The predicted molar refractivity (Wildman–Crippen MR) is 159 cm³/mol. The van der Waals surface area contributed by atoms with Crippen LogP contribution >= 0.6 is 0 Å². The highest BCUT2D eigenvalue weighted by molar-refractivity contribution is 5.87. The second kappa shape index (κ2) is 11.4. The third-order valence-electron chi connectivity index (χ3n) is 7.59. The van der Waals surface area contributed by atoms with Gasteiger partial charge in [0, 0.05) is 56.6 Å². The summed E-state index contributed by atoms with van der Waals surface area (Å²) in [5, 5.41) is 6.63. The van der Waals surface area contributed by atoms with Crippen LogP contribution < -0.4 is 25.8 Å². The van der Waals surface area contributed by atoms with Crippen molar-refractivity contribution in [2.75, 3.05) is 56.6 Å². The van der Waals surface area contributed by atoms with Gasteiger partial charge in [-0.05, 0) is 24.6 Å². The molecule has 2 fully saturated rings. The number of aromatic nitrogens is 4. The minimum absolute atomic E-state index is 0.155. The first-order valence-corrected chi connectivity index (χ1v) is 13.7. The largest absolute Gasteiger partial charge is 0.495 e. The van der Waals surface area contributed by atoms with Crippen LogP contribution in [0, 0.1) is 0 Å². The summed E-state index contributed by atoms with van der Waals surface area (Å²) in [7, 11) is 1.66. The zero-order valence-corrected chi connectivity index (χ0v) is 22.9. The number of nitrogens with one attached hydrogen (secondary N) is 2. The highest BCUT2D eigenvalue weighted by Crippen LogP contribution is 2.33. The number of hydrogen-bond acceptors (Lipinski definition) is 9. The van der Waals surface area contributed by atoms with Crippen molar-refractivity contribution in [1.29, 1.82) is 0 Å². The molecule has 41 heavy (non-hydrogen) atoms. The molecule has 0 bridgehead atoms. The van der Waals surface area contributed by atoms with Gasteiger partial charge in [0.1, 0.15) is 17.0 Å². The van der Waals surface area contributed by atoms with E-state index < -0.39 is 0 Å². The van der Waals surface area contributed by atoms with E-state index >= 15 is 0 Å². The van der Waals surface area contributed by atoms with E-state index in [1.807, 2.05) is 48.5 Å². The number of carbonyl (C=O) groups excluding carboxylic acids is 1. The summed E-state index contributed by atoms with van der Waals surface area (Å²) in [5.41, 5.74) is 3.47. The highest BCUT2D eigenvalue weighted by Gasteiger charge is 2.30. The number of fused-ring (bicyclic) bond motifs is 1. The first-order chi connectivity index (χ1) is 20.1. The minimum Gasteiger partial charge on any atom is -0.495 e. The number of anilines is 3. The summed E-state index contributed by atoms with van der Waals surface area (Å²) in [6.07, 6.45) is 3.54. The summed E-state index contributed by atoms with van der Waals surface area (Å²) < 4.78 is 7.37. The molecule has 2 N–H and O–H groups in total. The van der Waals surface area contributed by atoms with Gasteiger partial charge in [0.15, 0.2) is 5.65 Å². The molecule has 4 heterocycles. The monoisotopic (exact) mass is 552 g/mol. The lowest BCUT2D eigenvalue weighted by atomic mass is 10.1. The minimum atomic E-state index is -0.263. The number of benzene rings is 2. The highest BCUT2D eigenvalue weighted by atomic mass is 16.5. The second-order valence-electron chi connectivity index (χ2n) is 10.1. The lowest BCUT2D eigenvalue weighted by Gasteiger charge is -2.30. The van der Waals surface area contributed by atoms with Gasteiger partial charge in [-0.2, -0.15) is 4.98 Å². The standard InChI is InChI=1S/C30H32N8O3/c1-3-26(39)37-14-11-22(19-37)38-28-23(34-27(29(38)40)20-7-5-4-6-8-20)18-32-30(35-28)33-21-9-10-24(25(17-21)41-2)36-15-12-31-13-16-36/h3-10,17-18,22,31H,1,11-16,19H2,2H3,(H,32,33,35)/t22-/m0/s1. The molecule has 0 saturated carbocycles. The predicted octanol–water partition coefficient (Wildman–Crippen LogP) is 2.97. The third-order valence-corrected chi connectivity index (χ3v) is 7.59. The Hall–Kier alpha value is -4.77. The van der Waals surface area contributed by atoms with E-state index in [0.29, 0.717) is 47.9 Å². The number of carbonyl (C=O) groups is 1. The topological polar surface area (TPSA) is 118 Å². The van der Waals surface area contributed by atoms with Crippen LogP contribution in [-0.4, -0.2) is 76.7 Å². The number of ether oxygens (including phenoxy) is 1. The van der Waals surface area contributed by atoms with Crippen molar-refractivity contribution >= 4 is 34.4 Å². The molecule has 1 atom stereocenters. The summed E-state index contributed by atoms with van der Waals surface area (Å²) in [5.74, 6) is 0.924. The molecule has 11 heteroatoms. The Labute approximate surface area is 237 Å². The molecule has 6 rings (SSSR count). The van der Waals surface area contributed by atoms with Crippen molar-refractivity contribution in [2.45, 2.75) is 12.5 Å². The quantitative estimate of drug-likeness (QED) is 0.334. The molecule has 11 nitrogen and oxygen atoms in total. The fraction of sp³-hybridized carbons (Fsp3) is 0.300. The Morgan fingerprint density at radius 2 is 1.93 bits per heavy atom. The van der Waals surface area contributed by atoms with Crippen LogP contribution in [0.2, 0.25) is 0 Å². The molecular weight excluding hydrogens is 520 g/mol. The van der Waals surface area contributed by atoms with Crippen LogP contribution in [0.15, 0.2) is 72.2 Å². The number of rotatable bonds is 7. The van der Waals surface area contributed by atoms with Crippen molar-refractivity contribution in [1.82, 2.24) is 29.7 Å². The van der Waals surface area contributed by atoms with Crippen molar-refractivity contribution in [3.63, 3.8) is 0 Å². The number of methoxy groups -OCH3 is 1. The SMILES string of the molecule is C=CC(=O)N1CC[C@H](n2c(=O)c(-c3ccccc3)nc3cnc(Nc4ccc(N5CCNCC5)c(OC)c4)nc32)C1. The van der Waals surface area contributed by atoms with Gasteiger partial charge in [0.2, 0.25) is 11.9 Å². The Morgan fingerprint density at radius 3 is 2.68 bits per heavy atom. The average molecular weight is 553 g/mol. The van der Waals surface area contributed by atoms with Crippen molar-refractivity contribution in [2.24, 2.45) is 0 Å². The molecule has 2 saturated heterocycles. The van der Waals surface area contributed by atoms with E-state index in [-0.39, 0.29) is 17.5 Å². The van der Waals surface area contributed by atoms with Crippen LogP contribution in [0.25, 0.3) is 22.4 Å². The summed E-state index contributed by atoms with van der Waals surface area (Å²) in [4.78, 5) is 44.2. The Bertz CT molecular complexity index is 1650. The zero-order valence-electron chi connectivity index (χ0n) is 22.9. The van der Waals surface area contributed by atoms with E-state index in [1.165, 1.54) is 6.08 Å².